The van der Waals surface area contributed by atoms with Gasteiger partial charge < -0.3 is 4.89 Å². The average molecular weight is 256 g/mol. The van der Waals surface area contributed by atoms with E-state index in [0.29, 0.717) is 6.61 Å². The summed E-state index contributed by atoms with van der Waals surface area (Å²) in [5, 5.41) is 0. The molecule has 0 aliphatic heterocycles. The van der Waals surface area contributed by atoms with Gasteiger partial charge in [-0.3, -0.25) is 0 Å². The number of allylic oxidation sites excluding steroid dienone is 1. The van der Waals surface area contributed by atoms with Gasteiger partial charge in [-0.05, 0) is 17.9 Å². The fraction of sp³-hybridized carbons (Fsp3) is 0.875. The third-order valence-corrected chi connectivity index (χ3v) is 2.77. The molecule has 0 aromatic rings. The van der Waals surface area contributed by atoms with Gasteiger partial charge in [0.2, 0.25) is 0 Å². The van der Waals surface area contributed by atoms with Crippen LogP contribution in [0.25, 0.3) is 0 Å². The van der Waals surface area contributed by atoms with Crippen LogP contribution in [0.15, 0.2) is 12.3 Å². The molecule has 0 N–H and O–H groups in total. The molecule has 0 saturated heterocycles. The molecule has 0 aliphatic rings. The van der Waals surface area contributed by atoms with Crippen molar-refractivity contribution in [3.05, 3.63) is 12.3 Å². The highest BCUT2D eigenvalue weighted by atomic mass is 17.2. The lowest BCUT2D eigenvalue weighted by Gasteiger charge is -2.10. The molecule has 108 valence electrons. The minimum absolute atomic E-state index is 0.155. The Morgan fingerprint density at radius 3 is 1.94 bits per heavy atom. The monoisotopic (exact) mass is 256 g/mol. The minimum Gasteiger partial charge on any atom is -0.346 e. The first-order valence-electron chi connectivity index (χ1n) is 7.52. The molecule has 0 rings (SSSR count). The Hall–Kier alpha value is -0.500. The molecule has 0 atom stereocenters. The zero-order chi connectivity index (χ0) is 13.7. The maximum atomic E-state index is 5.09. The van der Waals surface area contributed by atoms with E-state index in [9.17, 15) is 0 Å². The van der Waals surface area contributed by atoms with Crippen LogP contribution in [0.2, 0.25) is 0 Å². The van der Waals surface area contributed by atoms with Crippen molar-refractivity contribution in [2.45, 2.75) is 79.1 Å². The lowest BCUT2D eigenvalue weighted by Crippen LogP contribution is -1.99. The molecule has 0 saturated carbocycles. The summed E-state index contributed by atoms with van der Waals surface area (Å²) in [4.78, 5) is 10.1. The van der Waals surface area contributed by atoms with Crippen molar-refractivity contribution in [1.82, 2.24) is 0 Å². The molecule has 0 radical (unpaired) electrons. The van der Waals surface area contributed by atoms with Gasteiger partial charge in [0.25, 0.3) is 0 Å². The Balaban J connectivity index is 3.10. The van der Waals surface area contributed by atoms with Gasteiger partial charge in [-0.25, -0.2) is 0 Å². The van der Waals surface area contributed by atoms with Gasteiger partial charge in [0, 0.05) is 0 Å². The molecular weight excluding hydrogens is 224 g/mol. The zero-order valence-corrected chi connectivity index (χ0v) is 12.8. The van der Waals surface area contributed by atoms with Gasteiger partial charge in [-0.1, -0.05) is 72.6 Å². The average Bonchev–Trinajstić information content (AvgIpc) is 2.29. The molecule has 0 aliphatic carbocycles. The van der Waals surface area contributed by atoms with E-state index < -0.39 is 0 Å². The lowest BCUT2D eigenvalue weighted by atomic mass is 9.97. The molecule has 0 spiro atoms. The second kappa shape index (κ2) is 11.6. The van der Waals surface area contributed by atoms with Gasteiger partial charge in [0.05, 0.1) is 6.61 Å². The Bertz CT molecular complexity index is 192. The van der Waals surface area contributed by atoms with E-state index in [1.165, 1.54) is 44.9 Å². The molecule has 0 aromatic heterocycles. The molecule has 0 fully saturated rings. The molecular formula is C16H32O2. The first-order valence-corrected chi connectivity index (χ1v) is 7.52. The van der Waals surface area contributed by atoms with E-state index in [1.807, 2.05) is 6.08 Å². The maximum absolute atomic E-state index is 5.09. The second-order valence-electron chi connectivity index (χ2n) is 6.06. The fourth-order valence-electron chi connectivity index (χ4n) is 1.61. The minimum atomic E-state index is 0.155. The van der Waals surface area contributed by atoms with Crippen LogP contribution in [0.5, 0.6) is 0 Å². The predicted octanol–water partition coefficient (Wildman–Crippen LogP) is 5.64. The van der Waals surface area contributed by atoms with Crippen LogP contribution in [0.1, 0.15) is 79.1 Å². The number of rotatable bonds is 11. The third-order valence-electron chi connectivity index (χ3n) is 2.77. The van der Waals surface area contributed by atoms with E-state index in [4.69, 9.17) is 9.78 Å². The summed E-state index contributed by atoms with van der Waals surface area (Å²) in [6.07, 6.45) is 14.2. The normalized spacial score (nSPS) is 12.2. The van der Waals surface area contributed by atoms with E-state index in [-0.39, 0.29) is 5.41 Å². The summed E-state index contributed by atoms with van der Waals surface area (Å²) in [5.74, 6) is 0. The molecule has 0 unspecified atom stereocenters. The summed E-state index contributed by atoms with van der Waals surface area (Å²) in [7, 11) is 0. The molecule has 0 heterocycles. The number of hydrogen-bond acceptors (Lipinski definition) is 2. The van der Waals surface area contributed by atoms with Gasteiger partial charge in [-0.2, -0.15) is 4.89 Å². The highest BCUT2D eigenvalue weighted by molar-refractivity contribution is 4.86. The summed E-state index contributed by atoms with van der Waals surface area (Å²) in [6, 6.07) is 0. The third kappa shape index (κ3) is 15.5. The van der Waals surface area contributed by atoms with Gasteiger partial charge in [0.1, 0.15) is 6.26 Å². The molecule has 18 heavy (non-hydrogen) atoms. The summed E-state index contributed by atoms with van der Waals surface area (Å²) in [5.41, 5.74) is 0.155. The van der Waals surface area contributed by atoms with E-state index in [0.717, 1.165) is 6.42 Å². The topological polar surface area (TPSA) is 18.5 Å². The number of hydrogen-bond donors (Lipinski definition) is 0. The quantitative estimate of drug-likeness (QED) is 0.206. The van der Waals surface area contributed by atoms with Crippen LogP contribution < -0.4 is 0 Å². The van der Waals surface area contributed by atoms with Crippen LogP contribution in [0.4, 0.5) is 0 Å². The smallest absolute Gasteiger partial charge is 0.126 e. The van der Waals surface area contributed by atoms with E-state index in [1.54, 1.807) is 6.26 Å². The van der Waals surface area contributed by atoms with Gasteiger partial charge in [-0.15, -0.1) is 0 Å². The van der Waals surface area contributed by atoms with Crippen molar-refractivity contribution in [1.29, 1.82) is 0 Å². The van der Waals surface area contributed by atoms with Crippen molar-refractivity contribution >= 4 is 0 Å². The summed E-state index contributed by atoms with van der Waals surface area (Å²) >= 11 is 0. The fourth-order valence-corrected chi connectivity index (χ4v) is 1.61. The van der Waals surface area contributed by atoms with Crippen molar-refractivity contribution in [3.8, 4) is 0 Å². The Labute approximate surface area is 114 Å². The van der Waals surface area contributed by atoms with Gasteiger partial charge in [0.15, 0.2) is 0 Å². The maximum Gasteiger partial charge on any atom is 0.126 e. The van der Waals surface area contributed by atoms with Crippen LogP contribution in [0.3, 0.4) is 0 Å². The van der Waals surface area contributed by atoms with Crippen LogP contribution >= 0.6 is 0 Å². The molecule has 2 nitrogen and oxygen atoms in total. The van der Waals surface area contributed by atoms with Crippen molar-refractivity contribution in [2.24, 2.45) is 5.41 Å². The predicted molar refractivity (Wildman–Crippen MR) is 78.2 cm³/mol. The zero-order valence-electron chi connectivity index (χ0n) is 12.8. The van der Waals surface area contributed by atoms with Crippen LogP contribution in [-0.2, 0) is 9.78 Å². The molecule has 0 aromatic carbocycles. The first-order chi connectivity index (χ1) is 8.56. The largest absolute Gasteiger partial charge is 0.346 e. The van der Waals surface area contributed by atoms with Crippen molar-refractivity contribution in [3.63, 3.8) is 0 Å². The molecule has 0 bridgehead atoms. The second-order valence-corrected chi connectivity index (χ2v) is 6.06. The lowest BCUT2D eigenvalue weighted by molar-refractivity contribution is -0.249. The van der Waals surface area contributed by atoms with Crippen molar-refractivity contribution < 1.29 is 9.78 Å². The van der Waals surface area contributed by atoms with Crippen LogP contribution in [0, 0.1) is 5.41 Å². The molecule has 2 heteroatoms. The van der Waals surface area contributed by atoms with Gasteiger partial charge >= 0.3 is 0 Å². The van der Waals surface area contributed by atoms with E-state index in [2.05, 4.69) is 27.7 Å². The SMILES string of the molecule is CCCCCCCCCCOOC=CC(C)(C)C. The number of unbranched alkanes of at least 4 members (excludes halogenated alkanes) is 7. The van der Waals surface area contributed by atoms with Crippen molar-refractivity contribution in [2.75, 3.05) is 6.61 Å². The Kier molecular flexibility index (Phi) is 11.3. The Morgan fingerprint density at radius 1 is 0.833 bits per heavy atom. The molecule has 0 amide bonds. The first kappa shape index (κ1) is 17.5. The van der Waals surface area contributed by atoms with E-state index >= 15 is 0 Å². The standard InChI is InChI=1S/C16H32O2/c1-5-6-7-8-9-10-11-12-14-17-18-15-13-16(2,3)4/h13,15H,5-12,14H2,1-4H3. The Morgan fingerprint density at radius 2 is 1.39 bits per heavy atom. The highest BCUT2D eigenvalue weighted by Crippen LogP contribution is 2.14. The van der Waals surface area contributed by atoms with Crippen LogP contribution in [-0.4, -0.2) is 6.61 Å². The highest BCUT2D eigenvalue weighted by Gasteiger charge is 2.03. The summed E-state index contributed by atoms with van der Waals surface area (Å²) < 4.78 is 0. The summed E-state index contributed by atoms with van der Waals surface area (Å²) in [6.45, 7) is 9.34.